The second kappa shape index (κ2) is 4.20. The summed E-state index contributed by atoms with van der Waals surface area (Å²) in [5.41, 5.74) is 1.19. The summed E-state index contributed by atoms with van der Waals surface area (Å²) in [6, 6.07) is 4.26. The van der Waals surface area contributed by atoms with E-state index in [4.69, 9.17) is 4.42 Å². The van der Waals surface area contributed by atoms with Crippen molar-refractivity contribution in [2.75, 3.05) is 0 Å². The normalized spacial score (nSPS) is 11.1. The Kier molecular flexibility index (Phi) is 2.88. The largest absolute Gasteiger partial charge is 0.451 e. The smallest absolute Gasteiger partial charge is 0.287 e. The fourth-order valence-corrected chi connectivity index (χ4v) is 1.74. The number of nitrogens with one attached hydrogen (secondary N) is 1. The molecule has 17 heavy (non-hydrogen) atoms. The van der Waals surface area contributed by atoms with E-state index in [1.165, 1.54) is 18.2 Å². The van der Waals surface area contributed by atoms with Gasteiger partial charge in [-0.05, 0) is 39.0 Å². The van der Waals surface area contributed by atoms with Crippen LogP contribution in [0, 0.1) is 12.7 Å². The van der Waals surface area contributed by atoms with Crippen LogP contribution in [0.15, 0.2) is 22.6 Å². The fourth-order valence-electron chi connectivity index (χ4n) is 1.74. The summed E-state index contributed by atoms with van der Waals surface area (Å²) < 4.78 is 18.5. The molecule has 0 aliphatic rings. The molecule has 0 radical (unpaired) electrons. The van der Waals surface area contributed by atoms with Crippen molar-refractivity contribution in [3.05, 3.63) is 35.3 Å². The van der Waals surface area contributed by atoms with Gasteiger partial charge in [0, 0.05) is 17.0 Å². The van der Waals surface area contributed by atoms with Crippen LogP contribution in [0.1, 0.15) is 30.0 Å². The number of hydrogen-bond acceptors (Lipinski definition) is 2. The van der Waals surface area contributed by atoms with Gasteiger partial charge >= 0.3 is 0 Å². The van der Waals surface area contributed by atoms with Crippen LogP contribution in [-0.4, -0.2) is 11.9 Å². The number of benzene rings is 1. The molecule has 0 saturated heterocycles. The van der Waals surface area contributed by atoms with Gasteiger partial charge in [0.1, 0.15) is 11.4 Å². The van der Waals surface area contributed by atoms with E-state index < -0.39 is 0 Å². The maximum Gasteiger partial charge on any atom is 0.287 e. The fraction of sp³-hybridized carbons (Fsp3) is 0.308. The van der Waals surface area contributed by atoms with Gasteiger partial charge in [0.15, 0.2) is 5.76 Å². The first-order chi connectivity index (χ1) is 7.99. The Hall–Kier alpha value is -1.84. The molecule has 1 amide bonds. The number of carbonyl (C=O) groups excluding carboxylic acids is 1. The summed E-state index contributed by atoms with van der Waals surface area (Å²) >= 11 is 0. The molecule has 1 N–H and O–H groups in total. The third-order valence-electron chi connectivity index (χ3n) is 2.52. The number of amides is 1. The van der Waals surface area contributed by atoms with E-state index in [0.717, 1.165) is 0 Å². The van der Waals surface area contributed by atoms with Gasteiger partial charge in [-0.3, -0.25) is 4.79 Å². The van der Waals surface area contributed by atoms with Gasteiger partial charge in [-0.25, -0.2) is 4.39 Å². The maximum absolute atomic E-state index is 13.1. The highest BCUT2D eigenvalue weighted by atomic mass is 19.1. The van der Waals surface area contributed by atoms with E-state index >= 15 is 0 Å². The summed E-state index contributed by atoms with van der Waals surface area (Å²) in [6.07, 6.45) is 0. The summed E-state index contributed by atoms with van der Waals surface area (Å²) in [4.78, 5) is 11.8. The topological polar surface area (TPSA) is 42.2 Å². The Morgan fingerprint density at radius 2 is 2.12 bits per heavy atom. The lowest BCUT2D eigenvalue weighted by molar-refractivity contribution is 0.0916. The summed E-state index contributed by atoms with van der Waals surface area (Å²) in [6.45, 7) is 5.49. The zero-order chi connectivity index (χ0) is 12.6. The van der Waals surface area contributed by atoms with Crippen molar-refractivity contribution in [3.8, 4) is 0 Å². The number of carbonyl (C=O) groups is 1. The summed E-state index contributed by atoms with van der Waals surface area (Å²) in [5.74, 6) is -0.356. The minimum absolute atomic E-state index is 0.0341. The van der Waals surface area contributed by atoms with Crippen molar-refractivity contribution in [2.45, 2.75) is 26.8 Å². The van der Waals surface area contributed by atoms with Gasteiger partial charge in [0.05, 0.1) is 0 Å². The molecule has 4 heteroatoms. The molecule has 90 valence electrons. The van der Waals surface area contributed by atoms with Gasteiger partial charge in [-0.15, -0.1) is 0 Å². The quantitative estimate of drug-likeness (QED) is 0.869. The van der Waals surface area contributed by atoms with Gasteiger partial charge in [0.25, 0.3) is 5.91 Å². The molecule has 1 aromatic heterocycles. The molecule has 0 aliphatic heterocycles. The molecule has 0 atom stereocenters. The Bertz CT molecular complexity index is 572. The zero-order valence-electron chi connectivity index (χ0n) is 10.0. The number of fused-ring (bicyclic) bond motifs is 1. The highest BCUT2D eigenvalue weighted by Crippen LogP contribution is 2.25. The van der Waals surface area contributed by atoms with Crippen molar-refractivity contribution in [1.29, 1.82) is 0 Å². The van der Waals surface area contributed by atoms with Crippen molar-refractivity contribution < 1.29 is 13.6 Å². The average molecular weight is 235 g/mol. The molecule has 1 aromatic carbocycles. The molecule has 0 spiro atoms. The number of hydrogen-bond donors (Lipinski definition) is 1. The predicted octanol–water partition coefficient (Wildman–Crippen LogP) is 3.02. The van der Waals surface area contributed by atoms with Gasteiger partial charge in [-0.1, -0.05) is 0 Å². The molecule has 0 saturated carbocycles. The van der Waals surface area contributed by atoms with Crippen LogP contribution in [0.5, 0.6) is 0 Å². The molecule has 2 aromatic rings. The zero-order valence-corrected chi connectivity index (χ0v) is 10.0. The minimum Gasteiger partial charge on any atom is -0.451 e. The van der Waals surface area contributed by atoms with Crippen molar-refractivity contribution >= 4 is 16.9 Å². The highest BCUT2D eigenvalue weighted by Gasteiger charge is 2.18. The van der Waals surface area contributed by atoms with Crippen LogP contribution < -0.4 is 5.32 Å². The summed E-state index contributed by atoms with van der Waals surface area (Å²) in [5, 5.41) is 3.39. The molecule has 0 unspecified atom stereocenters. The third-order valence-corrected chi connectivity index (χ3v) is 2.52. The minimum atomic E-state index is -0.336. The Morgan fingerprint density at radius 3 is 2.76 bits per heavy atom. The molecule has 3 nitrogen and oxygen atoms in total. The second-order valence-corrected chi connectivity index (χ2v) is 4.32. The Morgan fingerprint density at radius 1 is 1.41 bits per heavy atom. The van der Waals surface area contributed by atoms with Crippen LogP contribution in [0.4, 0.5) is 4.39 Å². The lowest BCUT2D eigenvalue weighted by atomic mass is 10.1. The molecule has 0 fully saturated rings. The van der Waals surface area contributed by atoms with Crippen LogP contribution in [-0.2, 0) is 0 Å². The van der Waals surface area contributed by atoms with Crippen LogP contribution in [0.25, 0.3) is 11.0 Å². The van der Waals surface area contributed by atoms with E-state index in [9.17, 15) is 9.18 Å². The number of rotatable bonds is 2. The molecular formula is C13H14FNO2. The highest BCUT2D eigenvalue weighted by molar-refractivity contribution is 5.98. The van der Waals surface area contributed by atoms with E-state index in [2.05, 4.69) is 5.32 Å². The maximum atomic E-state index is 13.1. The molecule has 1 heterocycles. The second-order valence-electron chi connectivity index (χ2n) is 4.32. The van der Waals surface area contributed by atoms with E-state index in [-0.39, 0.29) is 23.5 Å². The first-order valence-electron chi connectivity index (χ1n) is 5.48. The monoisotopic (exact) mass is 235 g/mol. The standard InChI is InChI=1S/C13H14FNO2/c1-7(2)15-13(16)12-8(3)10-6-9(14)4-5-11(10)17-12/h4-7H,1-3H3,(H,15,16). The number of furan rings is 1. The first kappa shape index (κ1) is 11.6. The van der Waals surface area contributed by atoms with Gasteiger partial charge in [-0.2, -0.15) is 0 Å². The molecule has 2 rings (SSSR count). The van der Waals surface area contributed by atoms with Crippen molar-refractivity contribution in [2.24, 2.45) is 0 Å². The lowest BCUT2D eigenvalue weighted by Gasteiger charge is -2.06. The van der Waals surface area contributed by atoms with E-state index in [1.54, 1.807) is 6.92 Å². The first-order valence-corrected chi connectivity index (χ1v) is 5.48. The van der Waals surface area contributed by atoms with E-state index in [1.807, 2.05) is 13.8 Å². The molecular weight excluding hydrogens is 221 g/mol. The Balaban J connectivity index is 2.49. The predicted molar refractivity (Wildman–Crippen MR) is 63.5 cm³/mol. The molecule has 0 bridgehead atoms. The number of aryl methyl sites for hydroxylation is 1. The average Bonchev–Trinajstić information content (AvgIpc) is 2.55. The SMILES string of the molecule is Cc1c(C(=O)NC(C)C)oc2ccc(F)cc12. The van der Waals surface area contributed by atoms with Crippen molar-refractivity contribution in [1.82, 2.24) is 5.32 Å². The van der Waals surface area contributed by atoms with Gasteiger partial charge < -0.3 is 9.73 Å². The van der Waals surface area contributed by atoms with Gasteiger partial charge in [0.2, 0.25) is 0 Å². The lowest BCUT2D eigenvalue weighted by Crippen LogP contribution is -2.30. The van der Waals surface area contributed by atoms with Crippen LogP contribution >= 0.6 is 0 Å². The van der Waals surface area contributed by atoms with Crippen molar-refractivity contribution in [3.63, 3.8) is 0 Å². The summed E-state index contributed by atoms with van der Waals surface area (Å²) in [7, 11) is 0. The van der Waals surface area contributed by atoms with E-state index in [0.29, 0.717) is 16.5 Å². The third kappa shape index (κ3) is 2.16. The number of halogens is 1. The van der Waals surface area contributed by atoms with Crippen LogP contribution in [0.2, 0.25) is 0 Å². The molecule has 0 aliphatic carbocycles. The van der Waals surface area contributed by atoms with Crippen LogP contribution in [0.3, 0.4) is 0 Å². The Labute approximate surface area is 98.6 Å².